The van der Waals surface area contributed by atoms with E-state index in [0.717, 1.165) is 11.6 Å². The minimum absolute atomic E-state index is 0.499. The van der Waals surface area contributed by atoms with Gasteiger partial charge in [-0.2, -0.15) is 0 Å². The van der Waals surface area contributed by atoms with Crippen LogP contribution in [0.1, 0.15) is 45.4 Å². The van der Waals surface area contributed by atoms with Crippen molar-refractivity contribution in [3.05, 3.63) is 11.9 Å². The molecule has 0 unspecified atom stereocenters. The molecule has 0 amide bonds. The molecule has 1 aromatic rings. The van der Waals surface area contributed by atoms with Crippen molar-refractivity contribution < 1.29 is 0 Å². The molecule has 94 valence electrons. The number of hydrogen-bond acceptors (Lipinski definition) is 4. The summed E-state index contributed by atoms with van der Waals surface area (Å²) in [5, 5.41) is 3.47. The summed E-state index contributed by atoms with van der Waals surface area (Å²) < 4.78 is 0. The van der Waals surface area contributed by atoms with Crippen molar-refractivity contribution in [3.8, 4) is 0 Å². The molecule has 0 bridgehead atoms. The van der Waals surface area contributed by atoms with E-state index >= 15 is 0 Å². The van der Waals surface area contributed by atoms with Gasteiger partial charge < -0.3 is 11.1 Å². The standard InChI is InChI=1S/C13H22N4/c1-9-15-11(14)8-12(16-9)17-10-4-6-13(2,3)7-5-10/h8,10H,4-7H2,1-3H3,(H3,14,15,16,17). The lowest BCUT2D eigenvalue weighted by Crippen LogP contribution is -2.30. The Morgan fingerprint density at radius 2 is 1.94 bits per heavy atom. The summed E-state index contributed by atoms with van der Waals surface area (Å²) in [6.45, 7) is 6.55. The number of nitrogens with two attached hydrogens (primary N) is 1. The van der Waals surface area contributed by atoms with Gasteiger partial charge in [0, 0.05) is 12.1 Å². The van der Waals surface area contributed by atoms with Crippen molar-refractivity contribution in [2.24, 2.45) is 5.41 Å². The van der Waals surface area contributed by atoms with Crippen LogP contribution in [0.3, 0.4) is 0 Å². The lowest BCUT2D eigenvalue weighted by molar-refractivity contribution is 0.232. The van der Waals surface area contributed by atoms with E-state index < -0.39 is 0 Å². The molecular formula is C13H22N4. The van der Waals surface area contributed by atoms with Gasteiger partial charge in [-0.25, -0.2) is 9.97 Å². The molecule has 0 aliphatic heterocycles. The Labute approximate surface area is 103 Å². The fourth-order valence-electron chi connectivity index (χ4n) is 2.42. The maximum atomic E-state index is 5.72. The average molecular weight is 234 g/mol. The number of aryl methyl sites for hydroxylation is 1. The monoisotopic (exact) mass is 234 g/mol. The topological polar surface area (TPSA) is 63.8 Å². The second-order valence-electron chi connectivity index (χ2n) is 5.81. The van der Waals surface area contributed by atoms with E-state index in [-0.39, 0.29) is 0 Å². The molecule has 1 aliphatic carbocycles. The molecule has 2 rings (SSSR count). The van der Waals surface area contributed by atoms with E-state index in [0.29, 0.717) is 17.3 Å². The SMILES string of the molecule is Cc1nc(N)cc(NC2CCC(C)(C)CC2)n1. The quantitative estimate of drug-likeness (QED) is 0.826. The van der Waals surface area contributed by atoms with Crippen LogP contribution in [0.15, 0.2) is 6.07 Å². The molecule has 3 N–H and O–H groups in total. The number of anilines is 2. The average Bonchev–Trinajstić information content (AvgIpc) is 2.20. The first-order chi connectivity index (χ1) is 7.94. The second kappa shape index (κ2) is 4.51. The number of nitrogen functional groups attached to an aromatic ring is 1. The first kappa shape index (κ1) is 12.1. The van der Waals surface area contributed by atoms with Crippen LogP contribution >= 0.6 is 0 Å². The van der Waals surface area contributed by atoms with Crippen LogP contribution in [-0.4, -0.2) is 16.0 Å². The third kappa shape index (κ3) is 3.32. The van der Waals surface area contributed by atoms with Crippen LogP contribution in [0.25, 0.3) is 0 Å². The fourth-order valence-corrected chi connectivity index (χ4v) is 2.42. The van der Waals surface area contributed by atoms with Crippen molar-refractivity contribution in [1.29, 1.82) is 0 Å². The van der Waals surface area contributed by atoms with E-state index in [1.807, 2.05) is 13.0 Å². The van der Waals surface area contributed by atoms with Crippen LogP contribution in [0.2, 0.25) is 0 Å². The van der Waals surface area contributed by atoms with Gasteiger partial charge >= 0.3 is 0 Å². The van der Waals surface area contributed by atoms with Crippen molar-refractivity contribution in [2.75, 3.05) is 11.1 Å². The van der Waals surface area contributed by atoms with Crippen LogP contribution in [0.5, 0.6) is 0 Å². The van der Waals surface area contributed by atoms with Gasteiger partial charge in [0.15, 0.2) is 0 Å². The van der Waals surface area contributed by atoms with E-state index in [4.69, 9.17) is 5.73 Å². The van der Waals surface area contributed by atoms with E-state index in [9.17, 15) is 0 Å². The Morgan fingerprint density at radius 3 is 2.53 bits per heavy atom. The van der Waals surface area contributed by atoms with Gasteiger partial charge in [0.05, 0.1) is 0 Å². The van der Waals surface area contributed by atoms with Crippen molar-refractivity contribution >= 4 is 11.6 Å². The van der Waals surface area contributed by atoms with E-state index in [1.165, 1.54) is 25.7 Å². The second-order valence-corrected chi connectivity index (χ2v) is 5.81. The molecule has 4 heteroatoms. The summed E-state index contributed by atoms with van der Waals surface area (Å²) in [7, 11) is 0. The van der Waals surface area contributed by atoms with Crippen LogP contribution < -0.4 is 11.1 Å². The Balaban J connectivity index is 1.97. The predicted octanol–water partition coefficient (Wildman–Crippen LogP) is 2.75. The molecule has 0 atom stereocenters. The van der Waals surface area contributed by atoms with Crippen LogP contribution in [0, 0.1) is 12.3 Å². The van der Waals surface area contributed by atoms with Crippen molar-refractivity contribution in [2.45, 2.75) is 52.5 Å². The minimum atomic E-state index is 0.499. The first-order valence-corrected chi connectivity index (χ1v) is 6.32. The summed E-state index contributed by atoms with van der Waals surface area (Å²) in [5.74, 6) is 2.12. The maximum Gasteiger partial charge on any atom is 0.132 e. The number of nitrogens with zero attached hydrogens (tertiary/aromatic N) is 2. The highest BCUT2D eigenvalue weighted by Crippen LogP contribution is 2.35. The summed E-state index contributed by atoms with van der Waals surface area (Å²) in [6.07, 6.45) is 4.94. The van der Waals surface area contributed by atoms with Gasteiger partial charge in [0.1, 0.15) is 17.5 Å². The van der Waals surface area contributed by atoms with Gasteiger partial charge in [0.2, 0.25) is 0 Å². The molecule has 1 aliphatic rings. The Morgan fingerprint density at radius 1 is 1.29 bits per heavy atom. The Bertz CT molecular complexity index is 370. The molecule has 0 radical (unpaired) electrons. The van der Waals surface area contributed by atoms with Crippen LogP contribution in [0.4, 0.5) is 11.6 Å². The zero-order chi connectivity index (χ0) is 12.5. The van der Waals surface area contributed by atoms with Gasteiger partial charge in [0.25, 0.3) is 0 Å². The molecule has 1 heterocycles. The summed E-state index contributed by atoms with van der Waals surface area (Å²) in [5.41, 5.74) is 6.22. The van der Waals surface area contributed by atoms with Gasteiger partial charge in [-0.05, 0) is 38.0 Å². The van der Waals surface area contributed by atoms with Gasteiger partial charge in [-0.1, -0.05) is 13.8 Å². The molecule has 0 saturated heterocycles. The predicted molar refractivity (Wildman–Crippen MR) is 70.8 cm³/mol. The normalized spacial score (nSPS) is 20.2. The molecule has 1 aromatic heterocycles. The van der Waals surface area contributed by atoms with E-state index in [1.54, 1.807) is 0 Å². The molecule has 17 heavy (non-hydrogen) atoms. The highest BCUT2D eigenvalue weighted by molar-refractivity contribution is 5.45. The molecule has 4 nitrogen and oxygen atoms in total. The largest absolute Gasteiger partial charge is 0.384 e. The fraction of sp³-hybridized carbons (Fsp3) is 0.692. The minimum Gasteiger partial charge on any atom is -0.384 e. The Kier molecular flexibility index (Phi) is 3.22. The number of rotatable bonds is 2. The van der Waals surface area contributed by atoms with Gasteiger partial charge in [-0.15, -0.1) is 0 Å². The van der Waals surface area contributed by atoms with Crippen LogP contribution in [-0.2, 0) is 0 Å². The molecule has 1 saturated carbocycles. The maximum absolute atomic E-state index is 5.72. The third-order valence-electron chi connectivity index (χ3n) is 3.55. The summed E-state index contributed by atoms with van der Waals surface area (Å²) in [6, 6.07) is 2.34. The smallest absolute Gasteiger partial charge is 0.132 e. The number of aromatic nitrogens is 2. The lowest BCUT2D eigenvalue weighted by atomic mass is 9.75. The first-order valence-electron chi connectivity index (χ1n) is 6.32. The summed E-state index contributed by atoms with van der Waals surface area (Å²) in [4.78, 5) is 8.44. The highest BCUT2D eigenvalue weighted by Gasteiger charge is 2.26. The molecule has 0 spiro atoms. The van der Waals surface area contributed by atoms with Crippen molar-refractivity contribution in [3.63, 3.8) is 0 Å². The molecule has 1 fully saturated rings. The van der Waals surface area contributed by atoms with Crippen molar-refractivity contribution in [1.82, 2.24) is 9.97 Å². The highest BCUT2D eigenvalue weighted by atomic mass is 15.1. The molecule has 0 aromatic carbocycles. The van der Waals surface area contributed by atoms with E-state index in [2.05, 4.69) is 29.1 Å². The molecular weight excluding hydrogens is 212 g/mol. The zero-order valence-corrected chi connectivity index (χ0v) is 11.0. The third-order valence-corrected chi connectivity index (χ3v) is 3.55. The van der Waals surface area contributed by atoms with Gasteiger partial charge in [-0.3, -0.25) is 0 Å². The summed E-state index contributed by atoms with van der Waals surface area (Å²) >= 11 is 0. The Hall–Kier alpha value is -1.32. The lowest BCUT2D eigenvalue weighted by Gasteiger charge is -2.34. The number of hydrogen-bond donors (Lipinski definition) is 2. The number of nitrogens with one attached hydrogen (secondary N) is 1. The zero-order valence-electron chi connectivity index (χ0n) is 11.0.